The van der Waals surface area contributed by atoms with Crippen LogP contribution >= 0.6 is 0 Å². The Bertz CT molecular complexity index is 749. The van der Waals surface area contributed by atoms with Crippen LogP contribution in [0.1, 0.15) is 38.4 Å². The van der Waals surface area contributed by atoms with Crippen LogP contribution in [0.15, 0.2) is 5.83 Å². The number of halogens is 6. The number of anilines is 2. The van der Waals surface area contributed by atoms with Gasteiger partial charge in [-0.2, -0.15) is 28.1 Å². The number of aliphatic hydroxyl groups is 1. The minimum atomic E-state index is -4.58. The molecule has 12 heteroatoms. The summed E-state index contributed by atoms with van der Waals surface area (Å²) >= 11 is 0. The molecule has 0 bridgehead atoms. The number of rotatable bonds is 5. The van der Waals surface area contributed by atoms with Gasteiger partial charge in [-0.3, -0.25) is 0 Å². The molecule has 2 atom stereocenters. The van der Waals surface area contributed by atoms with E-state index in [1.807, 2.05) is 0 Å². The van der Waals surface area contributed by atoms with Crippen molar-refractivity contribution in [1.29, 1.82) is 0 Å². The predicted molar refractivity (Wildman–Crippen MR) is 83.8 cm³/mol. The van der Waals surface area contributed by atoms with Crippen LogP contribution in [-0.2, 0) is 0 Å². The summed E-state index contributed by atoms with van der Waals surface area (Å²) in [5.41, 5.74) is -0.377. The lowest BCUT2D eigenvalue weighted by molar-refractivity contribution is -0.138. The first-order valence-electron chi connectivity index (χ1n) is 8.28. The van der Waals surface area contributed by atoms with E-state index < -0.39 is 54.7 Å². The van der Waals surface area contributed by atoms with Crippen molar-refractivity contribution in [2.75, 3.05) is 10.6 Å². The Morgan fingerprint density at radius 1 is 1.15 bits per heavy atom. The van der Waals surface area contributed by atoms with Crippen molar-refractivity contribution in [1.82, 2.24) is 15.0 Å². The number of nitrogens with one attached hydrogen (secondary N) is 2. The molecule has 1 fully saturated rings. The van der Waals surface area contributed by atoms with E-state index in [2.05, 4.69) is 25.6 Å². The molecule has 0 saturated heterocycles. The van der Waals surface area contributed by atoms with Gasteiger partial charge in [0, 0.05) is 18.0 Å². The largest absolute Gasteiger partial charge is 0.408 e. The summed E-state index contributed by atoms with van der Waals surface area (Å²) in [5.74, 6) is -6.09. The fourth-order valence-corrected chi connectivity index (χ4v) is 2.44. The molecule has 2 aliphatic carbocycles. The Morgan fingerprint density at radius 2 is 1.78 bits per heavy atom. The number of nitrogens with zero attached hydrogens (tertiary/aromatic N) is 3. The Labute approximate surface area is 150 Å². The molecule has 150 valence electrons. The van der Waals surface area contributed by atoms with Crippen molar-refractivity contribution in [3.63, 3.8) is 0 Å². The first kappa shape index (κ1) is 19.6. The molecule has 27 heavy (non-hydrogen) atoms. The van der Waals surface area contributed by atoms with Crippen molar-refractivity contribution < 1.29 is 31.4 Å². The van der Waals surface area contributed by atoms with E-state index in [0.29, 0.717) is 0 Å². The van der Waals surface area contributed by atoms with E-state index in [9.17, 15) is 31.4 Å². The van der Waals surface area contributed by atoms with Crippen molar-refractivity contribution >= 4 is 17.5 Å². The zero-order valence-electron chi connectivity index (χ0n) is 14.1. The summed E-state index contributed by atoms with van der Waals surface area (Å²) in [6.45, 7) is 0.849. The molecule has 0 aromatic carbocycles. The normalized spacial score (nSPS) is 23.9. The van der Waals surface area contributed by atoms with Gasteiger partial charge in [0.15, 0.2) is 11.9 Å². The molecule has 0 aliphatic heterocycles. The van der Waals surface area contributed by atoms with Gasteiger partial charge >= 0.3 is 6.18 Å². The first-order valence-corrected chi connectivity index (χ1v) is 8.28. The van der Waals surface area contributed by atoms with Crippen LogP contribution in [0, 0.1) is 0 Å². The SMILES string of the molecule is C[C@H](Nc1nc(NC2CC2)nc(C2=C(F)C(O)C(F)(F)CC2)n1)C(F)(F)F. The minimum Gasteiger partial charge on any atom is -0.380 e. The average Bonchev–Trinajstić information content (AvgIpc) is 3.35. The third-order valence-corrected chi connectivity index (χ3v) is 4.29. The summed E-state index contributed by atoms with van der Waals surface area (Å²) in [5, 5.41) is 14.4. The number of hydrogen-bond acceptors (Lipinski definition) is 6. The number of allylic oxidation sites excluding steroid dienone is 1. The molecular formula is C15H17F6N5O. The van der Waals surface area contributed by atoms with Crippen LogP contribution in [0.25, 0.3) is 5.57 Å². The molecule has 2 aliphatic rings. The molecule has 1 unspecified atom stereocenters. The lowest BCUT2D eigenvalue weighted by atomic mass is 9.92. The van der Waals surface area contributed by atoms with Crippen molar-refractivity contribution in [3.8, 4) is 0 Å². The smallest absolute Gasteiger partial charge is 0.380 e. The van der Waals surface area contributed by atoms with E-state index in [1.54, 1.807) is 0 Å². The molecule has 1 heterocycles. The fraction of sp³-hybridized carbons (Fsp3) is 0.667. The molecule has 1 aromatic rings. The predicted octanol–water partition coefficient (Wildman–Crippen LogP) is 3.28. The van der Waals surface area contributed by atoms with Gasteiger partial charge in [0.1, 0.15) is 11.9 Å². The topological polar surface area (TPSA) is 83.0 Å². The molecule has 0 radical (unpaired) electrons. The minimum absolute atomic E-state index is 0.0354. The van der Waals surface area contributed by atoms with Gasteiger partial charge in [-0.25, -0.2) is 13.2 Å². The van der Waals surface area contributed by atoms with Gasteiger partial charge in [0.25, 0.3) is 5.92 Å². The maximum atomic E-state index is 14.2. The Balaban J connectivity index is 1.96. The van der Waals surface area contributed by atoms with Crippen molar-refractivity contribution in [3.05, 3.63) is 11.7 Å². The Kier molecular flexibility index (Phi) is 4.95. The van der Waals surface area contributed by atoms with E-state index >= 15 is 0 Å². The van der Waals surface area contributed by atoms with Gasteiger partial charge in [0.2, 0.25) is 11.9 Å². The monoisotopic (exact) mass is 397 g/mol. The van der Waals surface area contributed by atoms with Crippen LogP contribution in [-0.4, -0.2) is 50.3 Å². The molecular weight excluding hydrogens is 380 g/mol. The van der Waals surface area contributed by atoms with Crippen LogP contribution in [0.2, 0.25) is 0 Å². The van der Waals surface area contributed by atoms with Crippen LogP contribution in [0.4, 0.5) is 38.2 Å². The average molecular weight is 397 g/mol. The quantitative estimate of drug-likeness (QED) is 0.662. The molecule has 3 rings (SSSR count). The molecule has 6 nitrogen and oxygen atoms in total. The third kappa shape index (κ3) is 4.42. The highest BCUT2D eigenvalue weighted by molar-refractivity contribution is 5.66. The fourth-order valence-electron chi connectivity index (χ4n) is 2.44. The molecule has 3 N–H and O–H groups in total. The number of aromatic nitrogens is 3. The first-order chi connectivity index (χ1) is 12.5. The highest BCUT2D eigenvalue weighted by Gasteiger charge is 2.46. The number of aliphatic hydroxyl groups excluding tert-OH is 1. The van der Waals surface area contributed by atoms with E-state index in [4.69, 9.17) is 0 Å². The summed E-state index contributed by atoms with van der Waals surface area (Å²) < 4.78 is 79.5. The third-order valence-electron chi connectivity index (χ3n) is 4.29. The highest BCUT2D eigenvalue weighted by Crippen LogP contribution is 2.41. The van der Waals surface area contributed by atoms with Crippen molar-refractivity contribution in [2.24, 2.45) is 0 Å². The zero-order valence-corrected chi connectivity index (χ0v) is 14.1. The summed E-state index contributed by atoms with van der Waals surface area (Å²) in [7, 11) is 0. The van der Waals surface area contributed by atoms with Gasteiger partial charge in [-0.1, -0.05) is 0 Å². The molecule has 1 saturated carbocycles. The second-order valence-corrected chi connectivity index (χ2v) is 6.62. The number of hydrogen-bond donors (Lipinski definition) is 3. The molecule has 0 amide bonds. The van der Waals surface area contributed by atoms with E-state index in [-0.39, 0.29) is 17.6 Å². The van der Waals surface area contributed by atoms with E-state index in [0.717, 1.165) is 19.8 Å². The summed E-state index contributed by atoms with van der Waals surface area (Å²) in [4.78, 5) is 11.5. The maximum absolute atomic E-state index is 14.2. The Hall–Kier alpha value is -2.11. The maximum Gasteiger partial charge on any atom is 0.408 e. The van der Waals surface area contributed by atoms with Gasteiger partial charge < -0.3 is 15.7 Å². The Morgan fingerprint density at radius 3 is 2.37 bits per heavy atom. The zero-order chi connectivity index (χ0) is 20.0. The van der Waals surface area contributed by atoms with E-state index in [1.165, 1.54) is 0 Å². The lowest BCUT2D eigenvalue weighted by Crippen LogP contribution is -2.37. The molecule has 0 spiro atoms. The van der Waals surface area contributed by atoms with Crippen LogP contribution in [0.3, 0.4) is 0 Å². The standard InChI is InChI=1S/C15H17F6N5O/c1-6(15(19,20)21)22-12-24-11(25-13(26-12)23-7-2-3-7)8-4-5-14(17,18)10(27)9(8)16/h6-7,10,27H,2-5H2,1H3,(H2,22,23,24,25,26)/t6-,10?/m0/s1. The van der Waals surface area contributed by atoms with Gasteiger partial charge in [-0.15, -0.1) is 0 Å². The number of alkyl halides is 5. The highest BCUT2D eigenvalue weighted by atomic mass is 19.4. The van der Waals surface area contributed by atoms with Gasteiger partial charge in [0.05, 0.1) is 0 Å². The van der Waals surface area contributed by atoms with Crippen LogP contribution < -0.4 is 10.6 Å². The van der Waals surface area contributed by atoms with Crippen LogP contribution in [0.5, 0.6) is 0 Å². The summed E-state index contributed by atoms with van der Waals surface area (Å²) in [6, 6.07) is -1.96. The van der Waals surface area contributed by atoms with Gasteiger partial charge in [-0.05, 0) is 26.2 Å². The second kappa shape index (κ2) is 6.80. The summed E-state index contributed by atoms with van der Waals surface area (Å²) in [6.07, 6.45) is -6.92. The molecule has 1 aromatic heterocycles. The lowest BCUT2D eigenvalue weighted by Gasteiger charge is -2.27. The van der Waals surface area contributed by atoms with Crippen molar-refractivity contribution in [2.45, 2.75) is 62.9 Å². The second-order valence-electron chi connectivity index (χ2n) is 6.62.